The predicted octanol–water partition coefficient (Wildman–Crippen LogP) is 4.45. The van der Waals surface area contributed by atoms with Gasteiger partial charge in [0.15, 0.2) is 0 Å². The summed E-state index contributed by atoms with van der Waals surface area (Å²) in [6, 6.07) is 18.5. The minimum absolute atomic E-state index is 0.0713. The molecular formula is C32H37N5O7S2. The molecule has 0 atom stereocenters. The second-order valence-corrected chi connectivity index (χ2v) is 14.2. The fraction of sp³-hybridized carbons (Fsp3) is 0.312. The number of nitrogens with one attached hydrogen (secondary N) is 2. The third-order valence-corrected chi connectivity index (χ3v) is 9.52. The number of hydrogen-bond donors (Lipinski definition) is 3. The van der Waals surface area contributed by atoms with Crippen LogP contribution in [-0.2, 0) is 38.1 Å². The average Bonchev–Trinajstić information content (AvgIpc) is 3.47. The van der Waals surface area contributed by atoms with E-state index >= 15 is 0 Å². The summed E-state index contributed by atoms with van der Waals surface area (Å²) in [4.78, 5) is 15.2. The van der Waals surface area contributed by atoms with Gasteiger partial charge in [-0.2, -0.15) is 26.7 Å². The minimum Gasteiger partial charge on any atom is -0.493 e. The number of anilines is 2. The van der Waals surface area contributed by atoms with Gasteiger partial charge in [-0.05, 0) is 85.2 Å². The quantitative estimate of drug-likeness (QED) is 0.139. The van der Waals surface area contributed by atoms with E-state index in [1.807, 2.05) is 67.4 Å². The summed E-state index contributed by atoms with van der Waals surface area (Å²) in [5, 5.41) is 4.51. The van der Waals surface area contributed by atoms with Gasteiger partial charge in [-0.3, -0.25) is 18.8 Å². The first-order chi connectivity index (χ1) is 21.9. The lowest BCUT2D eigenvalue weighted by Crippen LogP contribution is -2.35. The summed E-state index contributed by atoms with van der Waals surface area (Å²) in [5.41, 5.74) is 7.17. The Labute approximate surface area is 269 Å². The summed E-state index contributed by atoms with van der Waals surface area (Å²) >= 11 is 0. The Bertz CT molecular complexity index is 1940. The molecule has 5 rings (SSSR count). The molecule has 3 aromatic carbocycles. The smallest absolute Gasteiger partial charge is 0.300 e. The number of aromatic nitrogens is 2. The number of amides is 1. The Hall–Kier alpha value is -4.24. The number of aryl methyl sites for hydroxylation is 1. The second-order valence-electron chi connectivity index (χ2n) is 11.2. The highest BCUT2D eigenvalue weighted by molar-refractivity contribution is 7.92. The van der Waals surface area contributed by atoms with Crippen molar-refractivity contribution in [3.8, 4) is 16.9 Å². The van der Waals surface area contributed by atoms with Crippen LogP contribution in [0.25, 0.3) is 11.1 Å². The standard InChI is InChI=1S/C32H37N5O7S2/c1-23-8-3-14-31(24(23)2)44-17-7-15-32(38)37-16-6-12-29-28(11-5-13-30(29)37)26-19-33-36(21-26)20-25-9-4-10-27(18-25)35-46(42,43)34-22-45(39,40)41/h3-5,8-11,13-14,18-19,21,34-35H,6-7,12,15-17,20,22H2,1-2H3,(H,39,40,41). The highest BCUT2D eigenvalue weighted by atomic mass is 32.2. The lowest BCUT2D eigenvalue weighted by atomic mass is 9.93. The molecule has 0 aliphatic carbocycles. The van der Waals surface area contributed by atoms with E-state index in [0.717, 1.165) is 52.1 Å². The van der Waals surface area contributed by atoms with Crippen LogP contribution in [0.2, 0.25) is 0 Å². The van der Waals surface area contributed by atoms with E-state index in [2.05, 4.69) is 9.82 Å². The average molecular weight is 668 g/mol. The van der Waals surface area contributed by atoms with Crippen LogP contribution < -0.4 is 19.1 Å². The molecule has 0 saturated heterocycles. The summed E-state index contributed by atoms with van der Waals surface area (Å²) in [5.74, 6) is -0.220. The summed E-state index contributed by atoms with van der Waals surface area (Å²) < 4.78 is 66.6. The molecule has 0 saturated carbocycles. The van der Waals surface area contributed by atoms with Crippen LogP contribution >= 0.6 is 0 Å². The SMILES string of the molecule is Cc1cccc(OCCCC(=O)N2CCCc3c(-c4cnn(Cc5cccc(NS(=O)(=O)NCS(=O)(=O)O)c5)c4)cccc32)c1C. The number of rotatable bonds is 13. The molecule has 12 nitrogen and oxygen atoms in total. The molecular weight excluding hydrogens is 631 g/mol. The number of hydrogen-bond acceptors (Lipinski definition) is 7. The van der Waals surface area contributed by atoms with E-state index in [-0.39, 0.29) is 11.6 Å². The largest absolute Gasteiger partial charge is 0.493 e. The fourth-order valence-electron chi connectivity index (χ4n) is 5.43. The van der Waals surface area contributed by atoms with E-state index in [1.54, 1.807) is 27.7 Å². The summed E-state index contributed by atoms with van der Waals surface area (Å²) in [6.07, 6.45) is 6.37. The van der Waals surface area contributed by atoms with Crippen LogP contribution in [-0.4, -0.2) is 56.1 Å². The summed E-state index contributed by atoms with van der Waals surface area (Å²) in [7, 11) is -8.74. The zero-order valence-corrected chi connectivity index (χ0v) is 27.3. The Kier molecular flexibility index (Phi) is 10.1. The molecule has 244 valence electrons. The molecule has 0 unspecified atom stereocenters. The van der Waals surface area contributed by atoms with Gasteiger partial charge in [0, 0.05) is 30.4 Å². The predicted molar refractivity (Wildman–Crippen MR) is 177 cm³/mol. The maximum absolute atomic E-state index is 13.3. The van der Waals surface area contributed by atoms with Gasteiger partial charge in [0.1, 0.15) is 11.6 Å². The fourth-order valence-corrected chi connectivity index (χ4v) is 7.15. The van der Waals surface area contributed by atoms with E-state index < -0.39 is 26.2 Å². The normalized spacial score (nSPS) is 13.3. The molecule has 1 amide bonds. The molecule has 0 fully saturated rings. The van der Waals surface area contributed by atoms with Crippen molar-refractivity contribution in [2.24, 2.45) is 0 Å². The van der Waals surface area contributed by atoms with Gasteiger partial charge in [-0.1, -0.05) is 36.4 Å². The van der Waals surface area contributed by atoms with Crippen molar-refractivity contribution in [1.82, 2.24) is 14.5 Å². The number of carbonyl (C=O) groups excluding carboxylic acids is 1. The van der Waals surface area contributed by atoms with Gasteiger partial charge in [0.25, 0.3) is 20.3 Å². The van der Waals surface area contributed by atoms with Crippen LogP contribution in [0.15, 0.2) is 73.1 Å². The highest BCUT2D eigenvalue weighted by Gasteiger charge is 2.25. The molecule has 14 heteroatoms. The minimum atomic E-state index is -4.51. The number of ether oxygens (including phenoxy) is 1. The Morgan fingerprint density at radius 3 is 2.63 bits per heavy atom. The van der Waals surface area contributed by atoms with Crippen LogP contribution in [0.5, 0.6) is 5.75 Å². The summed E-state index contributed by atoms with van der Waals surface area (Å²) in [6.45, 7) is 5.56. The molecule has 46 heavy (non-hydrogen) atoms. The van der Waals surface area contributed by atoms with Gasteiger partial charge in [-0.15, -0.1) is 0 Å². The zero-order valence-electron chi connectivity index (χ0n) is 25.6. The van der Waals surface area contributed by atoms with Crippen molar-refractivity contribution in [3.63, 3.8) is 0 Å². The van der Waals surface area contributed by atoms with Crippen molar-refractivity contribution in [2.45, 2.75) is 46.1 Å². The van der Waals surface area contributed by atoms with Gasteiger partial charge < -0.3 is 9.64 Å². The molecule has 1 aliphatic heterocycles. The molecule has 1 aliphatic rings. The van der Waals surface area contributed by atoms with Crippen LogP contribution in [0.4, 0.5) is 11.4 Å². The highest BCUT2D eigenvalue weighted by Crippen LogP contribution is 2.36. The van der Waals surface area contributed by atoms with E-state index in [0.29, 0.717) is 32.5 Å². The van der Waals surface area contributed by atoms with Crippen LogP contribution in [0, 0.1) is 13.8 Å². The van der Waals surface area contributed by atoms with Crippen molar-refractivity contribution in [3.05, 3.63) is 95.3 Å². The Balaban J connectivity index is 1.23. The van der Waals surface area contributed by atoms with Gasteiger partial charge >= 0.3 is 0 Å². The Morgan fingerprint density at radius 1 is 1.04 bits per heavy atom. The first-order valence-corrected chi connectivity index (χ1v) is 17.9. The molecule has 0 spiro atoms. The van der Waals surface area contributed by atoms with E-state index in [1.165, 1.54) is 11.6 Å². The first kappa shape index (κ1) is 33.1. The van der Waals surface area contributed by atoms with Gasteiger partial charge in [0.2, 0.25) is 5.91 Å². The monoisotopic (exact) mass is 667 g/mol. The zero-order chi connectivity index (χ0) is 32.9. The maximum atomic E-state index is 13.3. The second kappa shape index (κ2) is 14.0. The molecule has 1 aromatic heterocycles. The lowest BCUT2D eigenvalue weighted by Gasteiger charge is -2.31. The number of nitrogens with zero attached hydrogens (tertiary/aromatic N) is 3. The lowest BCUT2D eigenvalue weighted by molar-refractivity contribution is -0.118. The Morgan fingerprint density at radius 2 is 1.83 bits per heavy atom. The first-order valence-electron chi connectivity index (χ1n) is 14.8. The van der Waals surface area contributed by atoms with Gasteiger partial charge in [0.05, 0.1) is 25.0 Å². The van der Waals surface area contributed by atoms with Crippen LogP contribution in [0.1, 0.15) is 41.5 Å². The molecule has 2 heterocycles. The third kappa shape index (κ3) is 8.51. The number of fused-ring (bicyclic) bond motifs is 1. The molecule has 0 bridgehead atoms. The van der Waals surface area contributed by atoms with Crippen LogP contribution in [0.3, 0.4) is 0 Å². The number of benzene rings is 3. The van der Waals surface area contributed by atoms with Crippen molar-refractivity contribution in [2.75, 3.05) is 28.7 Å². The van der Waals surface area contributed by atoms with Crippen molar-refractivity contribution < 1.29 is 30.9 Å². The van der Waals surface area contributed by atoms with E-state index in [9.17, 15) is 21.6 Å². The molecule has 3 N–H and O–H groups in total. The molecule has 0 radical (unpaired) electrons. The van der Waals surface area contributed by atoms with E-state index in [4.69, 9.17) is 9.29 Å². The third-order valence-electron chi connectivity index (χ3n) is 7.80. The van der Waals surface area contributed by atoms with Crippen molar-refractivity contribution >= 4 is 37.6 Å². The van der Waals surface area contributed by atoms with Crippen molar-refractivity contribution in [1.29, 1.82) is 0 Å². The van der Waals surface area contributed by atoms with Gasteiger partial charge in [-0.25, -0.2) is 0 Å². The molecule has 4 aromatic rings. The topological polar surface area (TPSA) is 160 Å². The number of carbonyl (C=O) groups is 1. The maximum Gasteiger partial charge on any atom is 0.300 e.